The Hall–Kier alpha value is -1.06. The van der Waals surface area contributed by atoms with Gasteiger partial charge in [-0.2, -0.15) is 0 Å². The second-order valence-electron chi connectivity index (χ2n) is 4.66. The molecule has 1 aromatic carbocycles. The number of nitrogens with zero attached hydrogens (tertiary/aromatic N) is 3. The monoisotopic (exact) mass is 297 g/mol. The van der Waals surface area contributed by atoms with Crippen molar-refractivity contribution in [2.45, 2.75) is 38.6 Å². The predicted molar refractivity (Wildman–Crippen MR) is 78.8 cm³/mol. The maximum atomic E-state index is 6.32. The van der Waals surface area contributed by atoms with Gasteiger partial charge in [-0.1, -0.05) is 49.0 Å². The summed E-state index contributed by atoms with van der Waals surface area (Å²) >= 11 is 12.3. The lowest BCUT2D eigenvalue weighted by molar-refractivity contribution is 0.504. The molecule has 0 amide bonds. The second kappa shape index (κ2) is 6.92. The Morgan fingerprint density at radius 3 is 2.58 bits per heavy atom. The Morgan fingerprint density at radius 2 is 1.95 bits per heavy atom. The van der Waals surface area contributed by atoms with Crippen molar-refractivity contribution in [3.05, 3.63) is 46.5 Å². The molecule has 0 aliphatic rings. The van der Waals surface area contributed by atoms with E-state index >= 15 is 0 Å². The molecule has 1 atom stereocenters. The maximum absolute atomic E-state index is 6.32. The van der Waals surface area contributed by atoms with Gasteiger partial charge in [-0.25, -0.2) is 0 Å². The normalized spacial score (nSPS) is 12.6. The predicted octanol–water partition coefficient (Wildman–Crippen LogP) is 4.56. The molecule has 5 heteroatoms. The van der Waals surface area contributed by atoms with Gasteiger partial charge in [0.05, 0.1) is 0 Å². The average molecular weight is 298 g/mol. The molecule has 0 aliphatic heterocycles. The van der Waals surface area contributed by atoms with Crippen LogP contribution in [0.1, 0.15) is 37.7 Å². The van der Waals surface area contributed by atoms with Gasteiger partial charge in [0, 0.05) is 22.5 Å². The molecule has 1 aromatic heterocycles. The quantitative estimate of drug-likeness (QED) is 0.782. The Labute approximate surface area is 123 Å². The Kier molecular flexibility index (Phi) is 5.23. The molecule has 0 N–H and O–H groups in total. The number of hydrogen-bond donors (Lipinski definition) is 0. The summed E-state index contributed by atoms with van der Waals surface area (Å²) in [6.45, 7) is 3.04. The molecule has 102 valence electrons. The van der Waals surface area contributed by atoms with Crippen molar-refractivity contribution in [2.75, 3.05) is 0 Å². The van der Waals surface area contributed by atoms with E-state index in [0.717, 1.165) is 23.6 Å². The van der Waals surface area contributed by atoms with Crippen molar-refractivity contribution in [2.24, 2.45) is 0 Å². The molecule has 1 unspecified atom stereocenters. The van der Waals surface area contributed by atoms with Crippen molar-refractivity contribution in [1.29, 1.82) is 0 Å². The first-order chi connectivity index (χ1) is 9.20. The van der Waals surface area contributed by atoms with Gasteiger partial charge in [0.1, 0.15) is 12.7 Å². The first kappa shape index (κ1) is 14.4. The number of rotatable bonds is 6. The fraction of sp³-hybridized carbons (Fsp3) is 0.429. The zero-order valence-corrected chi connectivity index (χ0v) is 12.4. The lowest BCUT2D eigenvalue weighted by atomic mass is 9.93. The summed E-state index contributed by atoms with van der Waals surface area (Å²) in [5, 5.41) is 9.10. The van der Waals surface area contributed by atoms with Crippen LogP contribution in [-0.4, -0.2) is 14.8 Å². The van der Waals surface area contributed by atoms with Crippen molar-refractivity contribution < 1.29 is 0 Å². The van der Waals surface area contributed by atoms with Crippen LogP contribution in [0, 0.1) is 0 Å². The van der Waals surface area contributed by atoms with E-state index < -0.39 is 0 Å². The summed E-state index contributed by atoms with van der Waals surface area (Å²) in [7, 11) is 0. The second-order valence-corrected chi connectivity index (χ2v) is 5.51. The van der Waals surface area contributed by atoms with Gasteiger partial charge in [-0.15, -0.1) is 10.2 Å². The molecule has 0 saturated heterocycles. The summed E-state index contributed by atoms with van der Waals surface area (Å²) in [6.07, 6.45) is 6.91. The first-order valence-electron chi connectivity index (χ1n) is 6.48. The van der Waals surface area contributed by atoms with Crippen LogP contribution >= 0.6 is 23.2 Å². The minimum Gasteiger partial charge on any atom is -0.320 e. The van der Waals surface area contributed by atoms with E-state index in [9.17, 15) is 0 Å². The minimum absolute atomic E-state index is 0.362. The molecule has 0 bridgehead atoms. The number of aromatic nitrogens is 3. The number of halogens is 2. The Bertz CT molecular complexity index is 511. The van der Waals surface area contributed by atoms with Crippen LogP contribution in [0.25, 0.3) is 0 Å². The number of hydrogen-bond acceptors (Lipinski definition) is 2. The number of benzene rings is 1. The zero-order chi connectivity index (χ0) is 13.7. The lowest BCUT2D eigenvalue weighted by Gasteiger charge is -2.19. The van der Waals surface area contributed by atoms with Crippen LogP contribution in [-0.2, 0) is 6.54 Å². The van der Waals surface area contributed by atoms with Crippen molar-refractivity contribution in [3.8, 4) is 0 Å². The fourth-order valence-electron chi connectivity index (χ4n) is 2.20. The zero-order valence-electron chi connectivity index (χ0n) is 10.9. The van der Waals surface area contributed by atoms with E-state index in [4.69, 9.17) is 23.2 Å². The van der Waals surface area contributed by atoms with E-state index in [1.54, 1.807) is 12.7 Å². The largest absolute Gasteiger partial charge is 0.320 e. The summed E-state index contributed by atoms with van der Waals surface area (Å²) < 4.78 is 1.99. The maximum Gasteiger partial charge on any atom is 0.119 e. The minimum atomic E-state index is 0.362. The van der Waals surface area contributed by atoms with Crippen LogP contribution < -0.4 is 0 Å². The van der Waals surface area contributed by atoms with Gasteiger partial charge in [-0.3, -0.25) is 0 Å². The van der Waals surface area contributed by atoms with E-state index in [1.165, 1.54) is 12.8 Å². The van der Waals surface area contributed by atoms with Crippen molar-refractivity contribution >= 4 is 23.2 Å². The number of unbranched alkanes of at least 4 members (excludes halogenated alkanes) is 1. The standard InChI is InChI=1S/C14H17Cl2N3/c1-2-3-4-11(8-19-9-17-18-10-19)13-6-5-12(15)7-14(13)16/h5-7,9-11H,2-4,8H2,1H3. The highest BCUT2D eigenvalue weighted by Crippen LogP contribution is 2.31. The molecular formula is C14H17Cl2N3. The van der Waals surface area contributed by atoms with E-state index in [2.05, 4.69) is 17.1 Å². The highest BCUT2D eigenvalue weighted by atomic mass is 35.5. The van der Waals surface area contributed by atoms with E-state index in [-0.39, 0.29) is 0 Å². The van der Waals surface area contributed by atoms with Gasteiger partial charge >= 0.3 is 0 Å². The Morgan fingerprint density at radius 1 is 1.21 bits per heavy atom. The van der Waals surface area contributed by atoms with Crippen molar-refractivity contribution in [1.82, 2.24) is 14.8 Å². The molecule has 0 saturated carbocycles. The van der Waals surface area contributed by atoms with Gasteiger partial charge in [0.15, 0.2) is 0 Å². The van der Waals surface area contributed by atoms with Gasteiger partial charge < -0.3 is 4.57 Å². The SMILES string of the molecule is CCCCC(Cn1cnnc1)c1ccc(Cl)cc1Cl. The van der Waals surface area contributed by atoms with Crippen LogP contribution in [0.4, 0.5) is 0 Å². The van der Waals surface area contributed by atoms with E-state index in [0.29, 0.717) is 10.9 Å². The fourth-order valence-corrected chi connectivity index (χ4v) is 2.76. The molecule has 3 nitrogen and oxygen atoms in total. The third-order valence-electron chi connectivity index (χ3n) is 3.21. The Balaban J connectivity index is 2.20. The third kappa shape index (κ3) is 3.95. The lowest BCUT2D eigenvalue weighted by Crippen LogP contribution is -2.09. The molecule has 2 aromatic rings. The van der Waals surface area contributed by atoms with Crippen LogP contribution in [0.3, 0.4) is 0 Å². The summed E-state index contributed by atoms with van der Waals surface area (Å²) in [4.78, 5) is 0. The van der Waals surface area contributed by atoms with Gasteiger partial charge in [0.2, 0.25) is 0 Å². The van der Waals surface area contributed by atoms with E-state index in [1.807, 2.05) is 22.8 Å². The highest BCUT2D eigenvalue weighted by Gasteiger charge is 2.15. The third-order valence-corrected chi connectivity index (χ3v) is 3.77. The van der Waals surface area contributed by atoms with Crippen molar-refractivity contribution in [3.63, 3.8) is 0 Å². The van der Waals surface area contributed by atoms with Crippen LogP contribution in [0.5, 0.6) is 0 Å². The summed E-state index contributed by atoms with van der Waals surface area (Å²) in [6, 6.07) is 5.73. The summed E-state index contributed by atoms with van der Waals surface area (Å²) in [5.74, 6) is 0.362. The molecule has 1 heterocycles. The van der Waals surface area contributed by atoms with Crippen LogP contribution in [0.2, 0.25) is 10.0 Å². The topological polar surface area (TPSA) is 30.7 Å². The molecule has 19 heavy (non-hydrogen) atoms. The average Bonchev–Trinajstić information content (AvgIpc) is 2.88. The molecule has 0 fully saturated rings. The molecule has 0 spiro atoms. The molecule has 0 aliphatic carbocycles. The van der Waals surface area contributed by atoms with Crippen LogP contribution in [0.15, 0.2) is 30.9 Å². The van der Waals surface area contributed by atoms with Gasteiger partial charge in [0.25, 0.3) is 0 Å². The smallest absolute Gasteiger partial charge is 0.119 e. The van der Waals surface area contributed by atoms with Gasteiger partial charge in [-0.05, 0) is 24.1 Å². The molecule has 2 rings (SSSR count). The molecule has 0 radical (unpaired) electrons. The first-order valence-corrected chi connectivity index (χ1v) is 7.23. The highest BCUT2D eigenvalue weighted by molar-refractivity contribution is 6.35. The summed E-state index contributed by atoms with van der Waals surface area (Å²) in [5.41, 5.74) is 1.15. The molecular weight excluding hydrogens is 281 g/mol.